The fourth-order valence-corrected chi connectivity index (χ4v) is 3.41. The van der Waals surface area contributed by atoms with Crippen molar-refractivity contribution in [2.45, 2.75) is 19.3 Å². The molecule has 4 rings (SSSR count). The minimum Gasteiger partial charge on any atom is -0.504 e. The van der Waals surface area contributed by atoms with Gasteiger partial charge in [0.15, 0.2) is 17.2 Å². The van der Waals surface area contributed by atoms with E-state index in [-0.39, 0.29) is 11.7 Å². The number of aromatic nitrogens is 2. The van der Waals surface area contributed by atoms with Gasteiger partial charge in [0.25, 0.3) is 5.91 Å². The predicted molar refractivity (Wildman–Crippen MR) is 105 cm³/mol. The molecule has 28 heavy (non-hydrogen) atoms. The number of carbonyl (C=O) groups excluding carboxylic acids is 1. The van der Waals surface area contributed by atoms with E-state index in [1.165, 1.54) is 19.4 Å². The van der Waals surface area contributed by atoms with Gasteiger partial charge < -0.3 is 9.84 Å². The SMILES string of the molecule is COc1ccc(/C=N/NC(=O)c2nn(-c3ccccc3)c3c2CCC3)cc1O. The quantitative estimate of drug-likeness (QED) is 0.529. The largest absolute Gasteiger partial charge is 0.504 e. The maximum Gasteiger partial charge on any atom is 0.292 e. The highest BCUT2D eigenvalue weighted by atomic mass is 16.5. The Labute approximate surface area is 162 Å². The number of carbonyl (C=O) groups is 1. The third kappa shape index (κ3) is 3.34. The maximum atomic E-state index is 12.6. The van der Waals surface area contributed by atoms with Crippen LogP contribution in [0.1, 0.15) is 33.7 Å². The molecule has 1 amide bonds. The second-order valence-corrected chi connectivity index (χ2v) is 6.51. The van der Waals surface area contributed by atoms with E-state index in [1.54, 1.807) is 12.1 Å². The number of hydrogen-bond acceptors (Lipinski definition) is 5. The molecule has 2 N–H and O–H groups in total. The zero-order chi connectivity index (χ0) is 19.5. The van der Waals surface area contributed by atoms with Crippen LogP contribution in [0.2, 0.25) is 0 Å². The number of rotatable bonds is 5. The minimum absolute atomic E-state index is 0.0113. The lowest BCUT2D eigenvalue weighted by atomic mass is 10.2. The number of nitrogens with zero attached hydrogens (tertiary/aromatic N) is 3. The monoisotopic (exact) mass is 376 g/mol. The molecule has 0 bridgehead atoms. The number of amides is 1. The summed E-state index contributed by atoms with van der Waals surface area (Å²) in [7, 11) is 1.48. The average molecular weight is 376 g/mol. The van der Waals surface area contributed by atoms with Crippen LogP contribution in [0.3, 0.4) is 0 Å². The summed E-state index contributed by atoms with van der Waals surface area (Å²) >= 11 is 0. The first-order valence-electron chi connectivity index (χ1n) is 9.04. The van der Waals surface area contributed by atoms with Gasteiger partial charge in [0.1, 0.15) is 0 Å². The number of methoxy groups -OCH3 is 1. The average Bonchev–Trinajstić information content (AvgIpc) is 3.31. The Balaban J connectivity index is 1.53. The standard InChI is InChI=1S/C21H20N4O3/c1-28-19-11-10-14(12-18(19)26)13-22-23-21(27)20-16-8-5-9-17(16)25(24-20)15-6-3-2-4-7-15/h2-4,6-7,10-13,26H,5,8-9H2,1H3,(H,23,27)/b22-13+. The number of fused-ring (bicyclic) bond motifs is 1. The van der Waals surface area contributed by atoms with Crippen LogP contribution in [-0.2, 0) is 12.8 Å². The molecule has 1 aliphatic rings. The molecular weight excluding hydrogens is 356 g/mol. The Kier molecular flexibility index (Phi) is 4.80. The Bertz CT molecular complexity index is 1040. The van der Waals surface area contributed by atoms with Gasteiger partial charge in [-0.2, -0.15) is 10.2 Å². The Morgan fingerprint density at radius 1 is 1.25 bits per heavy atom. The van der Waals surface area contributed by atoms with Crippen LogP contribution in [0.15, 0.2) is 53.6 Å². The number of aromatic hydroxyl groups is 1. The number of nitrogens with one attached hydrogen (secondary N) is 1. The van der Waals surface area contributed by atoms with E-state index in [0.717, 1.165) is 36.2 Å². The third-order valence-corrected chi connectivity index (χ3v) is 4.73. The minimum atomic E-state index is -0.346. The van der Waals surface area contributed by atoms with Gasteiger partial charge in [-0.3, -0.25) is 4.79 Å². The number of phenols is 1. The molecular formula is C21H20N4O3. The van der Waals surface area contributed by atoms with Crippen LogP contribution in [0.4, 0.5) is 0 Å². The van der Waals surface area contributed by atoms with Crippen LogP contribution >= 0.6 is 0 Å². The van der Waals surface area contributed by atoms with Crippen LogP contribution in [-0.4, -0.2) is 34.1 Å². The number of phenolic OH excluding ortho intramolecular Hbond substituents is 1. The lowest BCUT2D eigenvalue weighted by Crippen LogP contribution is -2.20. The fraction of sp³-hybridized carbons (Fsp3) is 0.190. The number of para-hydroxylation sites is 1. The molecule has 1 aromatic heterocycles. The molecule has 7 nitrogen and oxygen atoms in total. The molecule has 0 fully saturated rings. The second kappa shape index (κ2) is 7.56. The summed E-state index contributed by atoms with van der Waals surface area (Å²) in [5.74, 6) is 0.0437. The number of hydrazone groups is 1. The van der Waals surface area contributed by atoms with E-state index in [1.807, 2.05) is 35.0 Å². The normalized spacial score (nSPS) is 12.9. The van der Waals surface area contributed by atoms with Crippen molar-refractivity contribution in [3.63, 3.8) is 0 Å². The molecule has 7 heteroatoms. The molecule has 0 unspecified atom stereocenters. The van der Waals surface area contributed by atoms with E-state index >= 15 is 0 Å². The third-order valence-electron chi connectivity index (χ3n) is 4.73. The first-order valence-corrected chi connectivity index (χ1v) is 9.04. The van der Waals surface area contributed by atoms with Gasteiger partial charge in [0.05, 0.1) is 19.0 Å². The first kappa shape index (κ1) is 17.8. The van der Waals surface area contributed by atoms with Gasteiger partial charge >= 0.3 is 0 Å². The summed E-state index contributed by atoms with van der Waals surface area (Å²) in [6.45, 7) is 0. The van der Waals surface area contributed by atoms with Crippen LogP contribution in [0, 0.1) is 0 Å². The molecule has 0 radical (unpaired) electrons. The van der Waals surface area contributed by atoms with Gasteiger partial charge in [-0.15, -0.1) is 0 Å². The molecule has 0 saturated carbocycles. The number of ether oxygens (including phenoxy) is 1. The van der Waals surface area contributed by atoms with Crippen molar-refractivity contribution in [1.82, 2.24) is 15.2 Å². The highest BCUT2D eigenvalue weighted by Gasteiger charge is 2.26. The van der Waals surface area contributed by atoms with Crippen molar-refractivity contribution in [1.29, 1.82) is 0 Å². The summed E-state index contributed by atoms with van der Waals surface area (Å²) in [5.41, 5.74) is 6.59. The molecule has 0 aliphatic heterocycles. The van der Waals surface area contributed by atoms with E-state index < -0.39 is 0 Å². The lowest BCUT2D eigenvalue weighted by molar-refractivity contribution is 0.0949. The Hall–Kier alpha value is -3.61. The lowest BCUT2D eigenvalue weighted by Gasteiger charge is -2.04. The Morgan fingerprint density at radius 3 is 2.82 bits per heavy atom. The highest BCUT2D eigenvalue weighted by molar-refractivity contribution is 5.95. The molecule has 1 aliphatic carbocycles. The predicted octanol–water partition coefficient (Wildman–Crippen LogP) is 2.84. The molecule has 0 spiro atoms. The van der Waals surface area contributed by atoms with Gasteiger partial charge in [-0.1, -0.05) is 18.2 Å². The van der Waals surface area contributed by atoms with Crippen molar-refractivity contribution < 1.29 is 14.6 Å². The smallest absolute Gasteiger partial charge is 0.292 e. The Morgan fingerprint density at radius 2 is 2.07 bits per heavy atom. The van der Waals surface area contributed by atoms with E-state index in [9.17, 15) is 9.90 Å². The molecule has 142 valence electrons. The van der Waals surface area contributed by atoms with Crippen LogP contribution < -0.4 is 10.2 Å². The van der Waals surface area contributed by atoms with Crippen molar-refractivity contribution in [3.8, 4) is 17.2 Å². The molecule has 2 aromatic carbocycles. The summed E-state index contributed by atoms with van der Waals surface area (Å²) < 4.78 is 6.86. The maximum absolute atomic E-state index is 12.6. The van der Waals surface area contributed by atoms with E-state index in [4.69, 9.17) is 4.74 Å². The van der Waals surface area contributed by atoms with Crippen LogP contribution in [0.5, 0.6) is 11.5 Å². The van der Waals surface area contributed by atoms with Crippen molar-refractivity contribution in [2.75, 3.05) is 7.11 Å². The van der Waals surface area contributed by atoms with Crippen LogP contribution in [0.25, 0.3) is 5.69 Å². The van der Waals surface area contributed by atoms with Crippen molar-refractivity contribution >= 4 is 12.1 Å². The van der Waals surface area contributed by atoms with E-state index in [2.05, 4.69) is 15.6 Å². The van der Waals surface area contributed by atoms with Gasteiger partial charge in [-0.25, -0.2) is 10.1 Å². The van der Waals surface area contributed by atoms with Gasteiger partial charge in [-0.05, 0) is 55.2 Å². The topological polar surface area (TPSA) is 88.7 Å². The summed E-state index contributed by atoms with van der Waals surface area (Å²) in [4.78, 5) is 12.6. The van der Waals surface area contributed by atoms with Crippen molar-refractivity contribution in [3.05, 3.63) is 71.0 Å². The first-order chi connectivity index (χ1) is 13.7. The summed E-state index contributed by atoms with van der Waals surface area (Å²) in [5, 5.41) is 18.3. The molecule has 1 heterocycles. The zero-order valence-corrected chi connectivity index (χ0v) is 15.4. The zero-order valence-electron chi connectivity index (χ0n) is 15.4. The second-order valence-electron chi connectivity index (χ2n) is 6.51. The van der Waals surface area contributed by atoms with Gasteiger partial charge in [0.2, 0.25) is 0 Å². The molecule has 0 saturated heterocycles. The molecule has 0 atom stereocenters. The molecule has 3 aromatic rings. The number of hydrogen-bond donors (Lipinski definition) is 2. The summed E-state index contributed by atoms with van der Waals surface area (Å²) in [6.07, 6.45) is 4.21. The fourth-order valence-electron chi connectivity index (χ4n) is 3.41. The van der Waals surface area contributed by atoms with Crippen molar-refractivity contribution in [2.24, 2.45) is 5.10 Å². The van der Waals surface area contributed by atoms with E-state index in [0.29, 0.717) is 17.0 Å². The number of benzene rings is 2. The van der Waals surface area contributed by atoms with Gasteiger partial charge in [0, 0.05) is 11.3 Å². The summed E-state index contributed by atoms with van der Waals surface area (Å²) in [6, 6.07) is 14.7. The highest BCUT2D eigenvalue weighted by Crippen LogP contribution is 2.28.